The van der Waals surface area contributed by atoms with Crippen LogP contribution >= 0.6 is 22.9 Å². The van der Waals surface area contributed by atoms with Crippen LogP contribution in [0.15, 0.2) is 11.4 Å². The average molecular weight is 232 g/mol. The molecule has 78 valence electrons. The first-order valence-corrected chi connectivity index (χ1v) is 6.03. The minimum atomic E-state index is -0.00926. The van der Waals surface area contributed by atoms with E-state index in [0.717, 1.165) is 16.9 Å². The largest absolute Gasteiger partial charge is 0.348 e. The zero-order valence-corrected chi connectivity index (χ0v) is 9.91. The summed E-state index contributed by atoms with van der Waals surface area (Å²) in [5.74, 6) is 0.434. The Morgan fingerprint density at radius 3 is 3.00 bits per heavy atom. The van der Waals surface area contributed by atoms with E-state index < -0.39 is 0 Å². The lowest BCUT2D eigenvalue weighted by Gasteiger charge is -2.09. The van der Waals surface area contributed by atoms with Crippen LogP contribution in [-0.2, 0) is 6.42 Å². The van der Waals surface area contributed by atoms with Gasteiger partial charge in [0.15, 0.2) is 0 Å². The summed E-state index contributed by atoms with van der Waals surface area (Å²) in [5.41, 5.74) is 1.11. The van der Waals surface area contributed by atoms with E-state index in [1.165, 1.54) is 11.3 Å². The van der Waals surface area contributed by atoms with Crippen molar-refractivity contribution < 1.29 is 4.79 Å². The van der Waals surface area contributed by atoms with Gasteiger partial charge in [-0.2, -0.15) is 0 Å². The van der Waals surface area contributed by atoms with Gasteiger partial charge < -0.3 is 5.32 Å². The van der Waals surface area contributed by atoms with E-state index in [4.69, 9.17) is 11.6 Å². The van der Waals surface area contributed by atoms with Crippen molar-refractivity contribution in [2.75, 3.05) is 5.88 Å². The molecule has 0 aliphatic rings. The molecule has 1 aromatic rings. The van der Waals surface area contributed by atoms with E-state index in [9.17, 15) is 4.79 Å². The fourth-order valence-corrected chi connectivity index (χ4v) is 2.12. The van der Waals surface area contributed by atoms with Crippen molar-refractivity contribution in [3.63, 3.8) is 0 Å². The maximum Gasteiger partial charge on any atom is 0.261 e. The van der Waals surface area contributed by atoms with E-state index in [2.05, 4.69) is 5.32 Å². The highest BCUT2D eigenvalue weighted by Crippen LogP contribution is 2.17. The highest BCUT2D eigenvalue weighted by Gasteiger charge is 2.13. The summed E-state index contributed by atoms with van der Waals surface area (Å²) in [7, 11) is 0. The summed E-state index contributed by atoms with van der Waals surface area (Å²) in [6.07, 6.45) is 0.890. The maximum atomic E-state index is 11.7. The molecule has 1 amide bonds. The molecule has 1 unspecified atom stereocenters. The lowest BCUT2D eigenvalue weighted by molar-refractivity contribution is 0.0947. The third-order valence-corrected chi connectivity index (χ3v) is 3.36. The Balaban J connectivity index is 2.69. The minimum Gasteiger partial charge on any atom is -0.348 e. The number of aryl methyl sites for hydroxylation is 1. The predicted molar refractivity (Wildman–Crippen MR) is 61.3 cm³/mol. The molecule has 14 heavy (non-hydrogen) atoms. The lowest BCUT2D eigenvalue weighted by Crippen LogP contribution is -2.33. The van der Waals surface area contributed by atoms with Crippen molar-refractivity contribution >= 4 is 28.8 Å². The molecule has 1 N–H and O–H groups in total. The van der Waals surface area contributed by atoms with Gasteiger partial charge in [0, 0.05) is 11.9 Å². The number of carbonyl (C=O) groups excluding carboxylic acids is 1. The monoisotopic (exact) mass is 231 g/mol. The van der Waals surface area contributed by atoms with Gasteiger partial charge in [-0.05, 0) is 30.4 Å². The smallest absolute Gasteiger partial charge is 0.261 e. The number of rotatable bonds is 4. The van der Waals surface area contributed by atoms with Crippen LogP contribution in [0.2, 0.25) is 0 Å². The zero-order chi connectivity index (χ0) is 10.6. The highest BCUT2D eigenvalue weighted by atomic mass is 35.5. The Morgan fingerprint density at radius 2 is 2.43 bits per heavy atom. The van der Waals surface area contributed by atoms with Crippen LogP contribution in [-0.4, -0.2) is 17.8 Å². The molecule has 0 saturated carbocycles. The second-order valence-corrected chi connectivity index (χ2v) is 4.38. The summed E-state index contributed by atoms with van der Waals surface area (Å²) in [6, 6.07) is 2.02. The van der Waals surface area contributed by atoms with Gasteiger partial charge >= 0.3 is 0 Å². The minimum absolute atomic E-state index is 0.00926. The number of alkyl halides is 1. The second kappa shape index (κ2) is 5.37. The van der Waals surface area contributed by atoms with Gasteiger partial charge in [0.05, 0.1) is 4.88 Å². The van der Waals surface area contributed by atoms with Crippen molar-refractivity contribution in [2.24, 2.45) is 0 Å². The summed E-state index contributed by atoms with van der Waals surface area (Å²) >= 11 is 7.10. The Hall–Kier alpha value is -0.540. The zero-order valence-electron chi connectivity index (χ0n) is 8.34. The second-order valence-electron chi connectivity index (χ2n) is 3.16. The number of thiophene rings is 1. The van der Waals surface area contributed by atoms with E-state index in [1.807, 2.05) is 25.3 Å². The van der Waals surface area contributed by atoms with Gasteiger partial charge in [-0.1, -0.05) is 6.92 Å². The average Bonchev–Trinajstić information content (AvgIpc) is 2.65. The fraction of sp³-hybridized carbons (Fsp3) is 0.500. The van der Waals surface area contributed by atoms with Crippen LogP contribution in [0.4, 0.5) is 0 Å². The fourth-order valence-electron chi connectivity index (χ4n) is 1.14. The lowest BCUT2D eigenvalue weighted by atomic mass is 10.2. The van der Waals surface area contributed by atoms with Crippen LogP contribution in [0.1, 0.15) is 29.1 Å². The first-order chi connectivity index (χ1) is 6.69. The molecule has 0 fully saturated rings. The molecular formula is C10H14ClNOS. The van der Waals surface area contributed by atoms with E-state index >= 15 is 0 Å². The van der Waals surface area contributed by atoms with Crippen molar-refractivity contribution in [3.8, 4) is 0 Å². The number of amides is 1. The third kappa shape index (κ3) is 2.72. The molecule has 0 radical (unpaired) electrons. The molecule has 0 aliphatic carbocycles. The Labute approximate surface area is 93.3 Å². The summed E-state index contributed by atoms with van der Waals surface area (Å²) < 4.78 is 0. The molecule has 1 atom stereocenters. The van der Waals surface area contributed by atoms with Crippen molar-refractivity contribution in [2.45, 2.75) is 26.3 Å². The number of nitrogens with one attached hydrogen (secondary N) is 1. The molecule has 2 nitrogen and oxygen atoms in total. The standard InChI is InChI=1S/C10H14ClNOS/c1-3-8-4-5-14-9(8)10(13)12-7(2)6-11/h4-5,7H,3,6H2,1-2H3,(H,12,13). The van der Waals surface area contributed by atoms with Crippen LogP contribution in [0.3, 0.4) is 0 Å². The molecule has 1 rings (SSSR count). The predicted octanol–water partition coefficient (Wildman–Crippen LogP) is 2.67. The number of hydrogen-bond acceptors (Lipinski definition) is 2. The number of carbonyl (C=O) groups is 1. The van der Waals surface area contributed by atoms with E-state index in [-0.39, 0.29) is 11.9 Å². The summed E-state index contributed by atoms with van der Waals surface area (Å²) in [5, 5.41) is 4.79. The third-order valence-electron chi connectivity index (χ3n) is 1.94. The molecule has 0 aromatic carbocycles. The van der Waals surface area contributed by atoms with Gasteiger partial charge in [-0.15, -0.1) is 22.9 Å². The first-order valence-electron chi connectivity index (χ1n) is 4.62. The molecule has 1 heterocycles. The molecule has 1 aromatic heterocycles. The topological polar surface area (TPSA) is 29.1 Å². The Bertz CT molecular complexity index is 311. The summed E-state index contributed by atoms with van der Waals surface area (Å²) in [4.78, 5) is 12.5. The molecule has 0 spiro atoms. The van der Waals surface area contributed by atoms with Crippen molar-refractivity contribution in [1.82, 2.24) is 5.32 Å². The molecule has 0 aliphatic heterocycles. The van der Waals surface area contributed by atoms with Gasteiger partial charge in [-0.3, -0.25) is 4.79 Å². The van der Waals surface area contributed by atoms with E-state index in [1.54, 1.807) is 0 Å². The van der Waals surface area contributed by atoms with Crippen molar-refractivity contribution in [1.29, 1.82) is 0 Å². The van der Waals surface area contributed by atoms with Gasteiger partial charge in [0.2, 0.25) is 0 Å². The summed E-state index contributed by atoms with van der Waals surface area (Å²) in [6.45, 7) is 3.94. The normalized spacial score (nSPS) is 12.5. The molecule has 4 heteroatoms. The van der Waals surface area contributed by atoms with Gasteiger partial charge in [0.25, 0.3) is 5.91 Å². The molecular weight excluding hydrogens is 218 g/mol. The van der Waals surface area contributed by atoms with E-state index in [0.29, 0.717) is 5.88 Å². The van der Waals surface area contributed by atoms with Gasteiger partial charge in [-0.25, -0.2) is 0 Å². The van der Waals surface area contributed by atoms with Crippen LogP contribution in [0, 0.1) is 0 Å². The molecule has 0 saturated heterocycles. The quantitative estimate of drug-likeness (QED) is 0.794. The Morgan fingerprint density at radius 1 is 1.71 bits per heavy atom. The van der Waals surface area contributed by atoms with Gasteiger partial charge in [0.1, 0.15) is 0 Å². The van der Waals surface area contributed by atoms with Crippen LogP contribution in [0.25, 0.3) is 0 Å². The number of hydrogen-bond donors (Lipinski definition) is 1. The first kappa shape index (κ1) is 11.5. The molecule has 0 bridgehead atoms. The van der Waals surface area contributed by atoms with Crippen LogP contribution in [0.5, 0.6) is 0 Å². The van der Waals surface area contributed by atoms with Crippen LogP contribution < -0.4 is 5.32 Å². The maximum absolute atomic E-state index is 11.7. The SMILES string of the molecule is CCc1ccsc1C(=O)NC(C)CCl. The van der Waals surface area contributed by atoms with Crippen molar-refractivity contribution in [3.05, 3.63) is 21.9 Å². The Kier molecular flexibility index (Phi) is 4.42. The highest BCUT2D eigenvalue weighted by molar-refractivity contribution is 7.12. The number of halogens is 1.